The molecular formula is C24H23F3N4O7S. The number of hydrogen-bond donors (Lipinski definition) is 5. The summed E-state index contributed by atoms with van der Waals surface area (Å²) >= 11 is 1.11. The number of thiazole rings is 1. The molecule has 5 atom stereocenters. The van der Waals surface area contributed by atoms with Crippen molar-refractivity contribution in [1.82, 2.24) is 14.5 Å². The van der Waals surface area contributed by atoms with Gasteiger partial charge in [-0.05, 0) is 30.3 Å². The third kappa shape index (κ3) is 5.54. The summed E-state index contributed by atoms with van der Waals surface area (Å²) in [5, 5.41) is 43.2. The van der Waals surface area contributed by atoms with Gasteiger partial charge in [-0.25, -0.2) is 9.97 Å². The van der Waals surface area contributed by atoms with E-state index in [1.807, 2.05) is 0 Å². The number of alkyl halides is 3. The van der Waals surface area contributed by atoms with E-state index in [2.05, 4.69) is 20.0 Å². The summed E-state index contributed by atoms with van der Waals surface area (Å²) < 4.78 is 48.8. The fraction of sp³-hybridized carbons (Fsp3) is 0.375. The monoisotopic (exact) mass is 568 g/mol. The molecule has 2 aromatic heterocycles. The zero-order valence-corrected chi connectivity index (χ0v) is 21.0. The molecule has 5 rings (SSSR count). The highest BCUT2D eigenvalue weighted by molar-refractivity contribution is 7.22. The third-order valence-electron chi connectivity index (χ3n) is 6.47. The first-order chi connectivity index (χ1) is 18.4. The predicted molar refractivity (Wildman–Crippen MR) is 133 cm³/mol. The second-order valence-electron chi connectivity index (χ2n) is 9.04. The van der Waals surface area contributed by atoms with Crippen LogP contribution in [0.3, 0.4) is 0 Å². The SMILES string of the molecule is Cn1c(Nc2nc3ccc(OC(F)(F)F)cc3s2)nc2cc(C(=O)CC3[C@@H](O)[C@H](O)[C@@H](CO)O[C@@H]3O)ccc21. The van der Waals surface area contributed by atoms with Crippen molar-refractivity contribution in [2.75, 3.05) is 11.9 Å². The van der Waals surface area contributed by atoms with Gasteiger partial charge in [0.1, 0.15) is 18.0 Å². The summed E-state index contributed by atoms with van der Waals surface area (Å²) in [5.41, 5.74) is 1.84. The number of nitrogens with zero attached hydrogens (tertiary/aromatic N) is 3. The highest BCUT2D eigenvalue weighted by Crippen LogP contribution is 2.34. The van der Waals surface area contributed by atoms with Crippen LogP contribution in [0.5, 0.6) is 5.75 Å². The Morgan fingerprint density at radius 2 is 1.90 bits per heavy atom. The van der Waals surface area contributed by atoms with Gasteiger partial charge in [0.25, 0.3) is 0 Å². The average molecular weight is 569 g/mol. The van der Waals surface area contributed by atoms with E-state index < -0.39 is 49.3 Å². The van der Waals surface area contributed by atoms with E-state index in [1.54, 1.807) is 23.7 Å². The average Bonchev–Trinajstić information content (AvgIpc) is 3.42. The van der Waals surface area contributed by atoms with Gasteiger partial charge >= 0.3 is 6.36 Å². The fourth-order valence-electron chi connectivity index (χ4n) is 4.44. The number of ether oxygens (including phenoxy) is 2. The van der Waals surface area contributed by atoms with Gasteiger partial charge in [0.15, 0.2) is 17.2 Å². The molecule has 5 N–H and O–H groups in total. The van der Waals surface area contributed by atoms with Crippen LogP contribution >= 0.6 is 11.3 Å². The van der Waals surface area contributed by atoms with Gasteiger partial charge < -0.3 is 39.8 Å². The van der Waals surface area contributed by atoms with Crippen molar-refractivity contribution in [3.05, 3.63) is 42.0 Å². The maximum atomic E-state index is 13.0. The maximum Gasteiger partial charge on any atom is 0.573 e. The van der Waals surface area contributed by atoms with Crippen molar-refractivity contribution in [3.63, 3.8) is 0 Å². The number of hydrogen-bond acceptors (Lipinski definition) is 11. The second kappa shape index (κ2) is 10.3. The lowest BCUT2D eigenvalue weighted by molar-refractivity contribution is -0.274. The van der Waals surface area contributed by atoms with Crippen LogP contribution in [-0.2, 0) is 11.8 Å². The Balaban J connectivity index is 1.34. The van der Waals surface area contributed by atoms with Crippen LogP contribution in [0, 0.1) is 5.92 Å². The minimum atomic E-state index is -4.80. The summed E-state index contributed by atoms with van der Waals surface area (Å²) in [4.78, 5) is 21.8. The van der Waals surface area contributed by atoms with Crippen LogP contribution in [0.1, 0.15) is 16.8 Å². The van der Waals surface area contributed by atoms with E-state index in [-0.39, 0.29) is 17.7 Å². The number of Topliss-reactive ketones (excluding diaryl/α,β-unsaturated/α-hetero) is 1. The number of aliphatic hydroxyl groups excluding tert-OH is 4. The zero-order valence-electron chi connectivity index (χ0n) is 20.2. The van der Waals surface area contributed by atoms with E-state index in [0.717, 1.165) is 11.3 Å². The fourth-order valence-corrected chi connectivity index (χ4v) is 5.33. The lowest BCUT2D eigenvalue weighted by Crippen LogP contribution is -2.56. The van der Waals surface area contributed by atoms with Crippen molar-refractivity contribution in [3.8, 4) is 5.75 Å². The highest BCUT2D eigenvalue weighted by Gasteiger charge is 2.44. The number of halogens is 3. The molecule has 1 aliphatic heterocycles. The summed E-state index contributed by atoms with van der Waals surface area (Å²) in [6, 6.07) is 8.60. The first-order valence-electron chi connectivity index (χ1n) is 11.7. The lowest BCUT2D eigenvalue weighted by atomic mass is 9.86. The molecule has 39 heavy (non-hydrogen) atoms. The molecule has 4 aromatic rings. The number of benzene rings is 2. The molecule has 1 unspecified atom stereocenters. The van der Waals surface area contributed by atoms with Crippen LogP contribution in [-0.4, -0.2) is 78.3 Å². The van der Waals surface area contributed by atoms with Gasteiger partial charge in [-0.1, -0.05) is 11.3 Å². The van der Waals surface area contributed by atoms with Crippen LogP contribution in [0.25, 0.3) is 21.3 Å². The smallest absolute Gasteiger partial charge is 0.406 e. The number of carbonyl (C=O) groups is 1. The molecule has 0 amide bonds. The number of aryl methyl sites for hydroxylation is 1. The van der Waals surface area contributed by atoms with E-state index in [0.29, 0.717) is 32.3 Å². The van der Waals surface area contributed by atoms with Crippen molar-refractivity contribution >= 4 is 49.4 Å². The zero-order chi connectivity index (χ0) is 28.1. The quantitative estimate of drug-likeness (QED) is 0.210. The Morgan fingerprint density at radius 1 is 1.13 bits per heavy atom. The van der Waals surface area contributed by atoms with Crippen LogP contribution in [0.2, 0.25) is 0 Å². The maximum absolute atomic E-state index is 13.0. The minimum absolute atomic E-state index is 0.252. The summed E-state index contributed by atoms with van der Waals surface area (Å²) in [6.07, 6.45) is -10.8. The number of imidazole rings is 1. The third-order valence-corrected chi connectivity index (χ3v) is 7.40. The second-order valence-corrected chi connectivity index (χ2v) is 10.1. The van der Waals surface area contributed by atoms with Crippen molar-refractivity contribution in [2.45, 2.75) is 37.4 Å². The van der Waals surface area contributed by atoms with Gasteiger partial charge in [-0.15, -0.1) is 13.2 Å². The van der Waals surface area contributed by atoms with Crippen molar-refractivity contribution in [1.29, 1.82) is 0 Å². The van der Waals surface area contributed by atoms with Gasteiger partial charge in [0, 0.05) is 31.0 Å². The Hall–Kier alpha value is -3.34. The molecule has 0 bridgehead atoms. The van der Waals surface area contributed by atoms with Gasteiger partial charge in [0.2, 0.25) is 5.95 Å². The molecule has 1 saturated heterocycles. The standard InChI is InChI=1S/C24H23F3N4O7S/c1-31-15-5-2-10(16(33)8-12-19(34)20(35)17(9-32)37-21(12)36)6-14(15)28-22(31)30-23-29-13-4-3-11(7-18(13)39-23)38-24(25,26)27/h2-7,12,17,19-21,32,34-36H,8-9H2,1H3,(H,28,29,30)/t12?,17-,19-,20-,21+/m1/s1. The number of aromatic nitrogens is 3. The number of carbonyl (C=O) groups excluding carboxylic acids is 1. The number of aliphatic hydroxyl groups is 4. The highest BCUT2D eigenvalue weighted by atomic mass is 32.1. The number of ketones is 1. The van der Waals surface area contributed by atoms with Gasteiger partial charge in [-0.2, -0.15) is 0 Å². The van der Waals surface area contributed by atoms with E-state index in [4.69, 9.17) is 4.74 Å². The van der Waals surface area contributed by atoms with Gasteiger partial charge in [-0.3, -0.25) is 4.79 Å². The van der Waals surface area contributed by atoms with E-state index in [9.17, 15) is 38.4 Å². The molecule has 2 aromatic carbocycles. The first-order valence-corrected chi connectivity index (χ1v) is 12.5. The molecule has 1 fully saturated rings. The molecule has 11 nitrogen and oxygen atoms in total. The Labute approximate surface area is 222 Å². The van der Waals surface area contributed by atoms with Crippen LogP contribution in [0.4, 0.5) is 24.3 Å². The topological polar surface area (TPSA) is 159 Å². The molecule has 0 aliphatic carbocycles. The Morgan fingerprint density at radius 3 is 2.62 bits per heavy atom. The number of rotatable bonds is 7. The van der Waals surface area contributed by atoms with Crippen molar-refractivity contribution < 1.29 is 47.9 Å². The van der Waals surface area contributed by atoms with Crippen LogP contribution < -0.4 is 10.1 Å². The van der Waals surface area contributed by atoms with E-state index >= 15 is 0 Å². The molecule has 1 aliphatic rings. The molecular weight excluding hydrogens is 545 g/mol. The number of fused-ring (bicyclic) bond motifs is 2. The van der Waals surface area contributed by atoms with Crippen molar-refractivity contribution in [2.24, 2.45) is 13.0 Å². The molecule has 0 saturated carbocycles. The van der Waals surface area contributed by atoms with Gasteiger partial charge in [0.05, 0.1) is 34.0 Å². The van der Waals surface area contributed by atoms with Crippen LogP contribution in [0.15, 0.2) is 36.4 Å². The summed E-state index contributed by atoms with van der Waals surface area (Å²) in [7, 11) is 1.73. The number of nitrogens with one attached hydrogen (secondary N) is 1. The normalized spacial score (nSPS) is 23.8. The molecule has 208 valence electrons. The molecule has 3 heterocycles. The predicted octanol–water partition coefficient (Wildman–Crippen LogP) is 2.45. The minimum Gasteiger partial charge on any atom is -0.406 e. The lowest BCUT2D eigenvalue weighted by Gasteiger charge is -2.39. The number of anilines is 2. The molecule has 15 heteroatoms. The van der Waals surface area contributed by atoms with E-state index in [1.165, 1.54) is 24.3 Å². The Kier molecular flexibility index (Phi) is 7.21. The molecule has 0 radical (unpaired) electrons. The summed E-state index contributed by atoms with van der Waals surface area (Å²) in [5.74, 6) is -1.52. The summed E-state index contributed by atoms with van der Waals surface area (Å²) in [6.45, 7) is -0.604. The molecule has 0 spiro atoms. The first kappa shape index (κ1) is 27.2. The Bertz CT molecular complexity index is 1520. The largest absolute Gasteiger partial charge is 0.573 e.